The minimum atomic E-state index is -1.48. The van der Waals surface area contributed by atoms with Crippen LogP contribution in [0.15, 0.2) is 89.9 Å². The van der Waals surface area contributed by atoms with Crippen LogP contribution in [-0.4, -0.2) is 36.8 Å². The number of aromatic amines is 1. The molecule has 0 fully saturated rings. The van der Waals surface area contributed by atoms with Crippen LogP contribution >= 0.6 is 0 Å². The average molecular weight is 543 g/mol. The Morgan fingerprint density at radius 3 is 2.23 bits per heavy atom. The Hall–Kier alpha value is -4.37. The fourth-order valence-corrected chi connectivity index (χ4v) is 5.39. The highest BCUT2D eigenvalue weighted by molar-refractivity contribution is 6.88. The zero-order valence-electron chi connectivity index (χ0n) is 22.7. The first kappa shape index (κ1) is 27.7. The average Bonchev–Trinajstić information content (AvgIpc) is 3.25. The van der Waals surface area contributed by atoms with Crippen LogP contribution in [0, 0.1) is 0 Å². The number of carbonyl (C=O) groups is 2. The highest BCUT2D eigenvalue weighted by Crippen LogP contribution is 2.20. The molecule has 0 aliphatic heterocycles. The Labute approximate surface area is 229 Å². The van der Waals surface area contributed by atoms with Gasteiger partial charge in [-0.05, 0) is 35.4 Å². The van der Waals surface area contributed by atoms with Gasteiger partial charge in [0.2, 0.25) is 5.91 Å². The van der Waals surface area contributed by atoms with Gasteiger partial charge >= 0.3 is 0 Å². The maximum Gasteiger partial charge on any atom is 0.267 e. The number of H-pyrrole nitrogens is 1. The molecular formula is C30H34N4O4Si. The van der Waals surface area contributed by atoms with Gasteiger partial charge in [0, 0.05) is 17.4 Å². The van der Waals surface area contributed by atoms with Crippen LogP contribution < -0.4 is 26.1 Å². The van der Waals surface area contributed by atoms with Gasteiger partial charge in [0.1, 0.15) is 11.8 Å². The fourth-order valence-electron chi connectivity index (χ4n) is 4.22. The molecule has 0 bridgehead atoms. The monoisotopic (exact) mass is 542 g/mol. The Bertz CT molecular complexity index is 1470. The van der Waals surface area contributed by atoms with Gasteiger partial charge in [-0.2, -0.15) is 0 Å². The Balaban J connectivity index is 1.50. The minimum absolute atomic E-state index is 0.165. The van der Waals surface area contributed by atoms with E-state index in [0.717, 1.165) is 5.56 Å². The largest absolute Gasteiger partial charge is 0.497 e. The van der Waals surface area contributed by atoms with E-state index in [0.29, 0.717) is 29.1 Å². The van der Waals surface area contributed by atoms with Crippen molar-refractivity contribution < 1.29 is 14.3 Å². The van der Waals surface area contributed by atoms with Crippen molar-refractivity contribution in [1.29, 1.82) is 0 Å². The first-order valence-corrected chi connectivity index (χ1v) is 16.3. The second-order valence-corrected chi connectivity index (χ2v) is 15.6. The summed E-state index contributed by atoms with van der Waals surface area (Å²) in [6.07, 6.45) is 1.47. The first-order valence-electron chi connectivity index (χ1n) is 12.8. The number of ether oxygens (including phenoxy) is 1. The predicted octanol–water partition coefficient (Wildman–Crippen LogP) is 3.82. The van der Waals surface area contributed by atoms with E-state index in [9.17, 15) is 14.4 Å². The summed E-state index contributed by atoms with van der Waals surface area (Å²) in [6, 6.07) is 23.5. The van der Waals surface area contributed by atoms with Crippen molar-refractivity contribution >= 4 is 30.8 Å². The Morgan fingerprint density at radius 2 is 1.62 bits per heavy atom. The zero-order chi connectivity index (χ0) is 28.0. The predicted molar refractivity (Wildman–Crippen MR) is 156 cm³/mol. The summed E-state index contributed by atoms with van der Waals surface area (Å²) in [5.74, 6) is -0.190. The molecule has 9 heteroatoms. The van der Waals surface area contributed by atoms with Gasteiger partial charge in [0.05, 0.1) is 28.1 Å². The molecule has 1 heterocycles. The van der Waals surface area contributed by atoms with Crippen LogP contribution in [0.2, 0.25) is 19.6 Å². The van der Waals surface area contributed by atoms with Crippen LogP contribution in [0.1, 0.15) is 22.7 Å². The molecule has 1 aromatic heterocycles. The van der Waals surface area contributed by atoms with E-state index in [4.69, 9.17) is 4.74 Å². The smallest absolute Gasteiger partial charge is 0.267 e. The van der Waals surface area contributed by atoms with Crippen molar-refractivity contribution in [1.82, 2.24) is 15.1 Å². The topological polar surface area (TPSA) is 105 Å². The van der Waals surface area contributed by atoms with Gasteiger partial charge in [-0.3, -0.25) is 24.2 Å². The molecule has 1 unspecified atom stereocenters. The van der Waals surface area contributed by atoms with Gasteiger partial charge in [-0.25, -0.2) is 0 Å². The van der Waals surface area contributed by atoms with Gasteiger partial charge in [-0.15, -0.1) is 0 Å². The number of hydrogen-bond donors (Lipinski definition) is 3. The third-order valence-electron chi connectivity index (χ3n) is 6.43. The summed E-state index contributed by atoms with van der Waals surface area (Å²) in [7, 11) is 0.0867. The maximum absolute atomic E-state index is 13.4. The number of hydrogen-bond acceptors (Lipinski definition) is 4. The third kappa shape index (κ3) is 7.35. The number of nitrogens with zero attached hydrogens (tertiary/aromatic N) is 1. The molecule has 0 spiro atoms. The van der Waals surface area contributed by atoms with Crippen molar-refractivity contribution in [2.75, 3.05) is 12.4 Å². The van der Waals surface area contributed by atoms with Crippen molar-refractivity contribution in [3.63, 3.8) is 0 Å². The molecule has 0 saturated heterocycles. The number of anilines is 1. The molecule has 0 radical (unpaired) electrons. The van der Waals surface area contributed by atoms with E-state index < -0.39 is 20.0 Å². The van der Waals surface area contributed by atoms with Crippen molar-refractivity contribution in [3.8, 4) is 5.75 Å². The molecule has 4 rings (SSSR count). The van der Waals surface area contributed by atoms with Crippen molar-refractivity contribution in [2.24, 2.45) is 0 Å². The van der Waals surface area contributed by atoms with Gasteiger partial charge in [-0.1, -0.05) is 79.4 Å². The highest BCUT2D eigenvalue weighted by Gasteiger charge is 2.24. The summed E-state index contributed by atoms with van der Waals surface area (Å²) in [6.45, 7) is 7.26. The SMILES string of the molecule is COc1ccc(C(NC(=O)Cc2cn(Cc3ccccc3)[nH]c2=O)C(=O)Nc2ccc([Si](C)(C)C)cc2)cc1. The van der Waals surface area contributed by atoms with E-state index in [1.54, 1.807) is 42.3 Å². The molecule has 0 aliphatic carbocycles. The number of amides is 2. The summed E-state index contributed by atoms with van der Waals surface area (Å²) in [4.78, 5) is 39.0. The van der Waals surface area contributed by atoms with Crippen LogP contribution in [0.3, 0.4) is 0 Å². The molecule has 0 aliphatic rings. The summed E-state index contributed by atoms with van der Waals surface area (Å²) in [5, 5.41) is 9.77. The second kappa shape index (κ2) is 12.0. The van der Waals surface area contributed by atoms with E-state index in [1.165, 1.54) is 5.19 Å². The standard InChI is InChI=1S/C30H34N4O4Si/c1-38-25-14-10-22(11-15-25)28(30(37)31-24-12-16-26(17-13-24)39(2,3)4)32-27(35)18-23-20-34(33-29(23)36)19-21-8-6-5-7-9-21/h5-17,20,28H,18-19H2,1-4H3,(H,31,37)(H,32,35)(H,33,36). The van der Waals surface area contributed by atoms with Gasteiger partial charge in [0.25, 0.3) is 11.5 Å². The normalized spacial score (nSPS) is 12.0. The fraction of sp³-hybridized carbons (Fsp3) is 0.233. The van der Waals surface area contributed by atoms with E-state index in [2.05, 4.69) is 35.4 Å². The summed E-state index contributed by atoms with van der Waals surface area (Å²) < 4.78 is 6.89. The summed E-state index contributed by atoms with van der Waals surface area (Å²) >= 11 is 0. The number of aromatic nitrogens is 2. The lowest BCUT2D eigenvalue weighted by Crippen LogP contribution is -2.39. The molecule has 4 aromatic rings. The van der Waals surface area contributed by atoms with Crippen LogP contribution in [0.5, 0.6) is 5.75 Å². The minimum Gasteiger partial charge on any atom is -0.497 e. The van der Waals surface area contributed by atoms with Crippen LogP contribution in [-0.2, 0) is 22.6 Å². The quantitative estimate of drug-likeness (QED) is 0.265. The molecule has 1 atom stereocenters. The number of rotatable bonds is 10. The zero-order valence-corrected chi connectivity index (χ0v) is 23.7. The number of nitrogens with one attached hydrogen (secondary N) is 3. The molecule has 39 heavy (non-hydrogen) atoms. The Morgan fingerprint density at radius 1 is 0.949 bits per heavy atom. The lowest BCUT2D eigenvalue weighted by Gasteiger charge is -2.20. The number of methoxy groups -OCH3 is 1. The van der Waals surface area contributed by atoms with Crippen molar-refractivity contribution in [2.45, 2.75) is 38.6 Å². The van der Waals surface area contributed by atoms with E-state index >= 15 is 0 Å². The molecule has 202 valence electrons. The summed E-state index contributed by atoms with van der Waals surface area (Å²) in [5.41, 5.74) is 2.24. The number of benzene rings is 3. The molecule has 3 aromatic carbocycles. The van der Waals surface area contributed by atoms with Crippen LogP contribution in [0.4, 0.5) is 5.69 Å². The van der Waals surface area contributed by atoms with Gasteiger partial charge < -0.3 is 15.4 Å². The lowest BCUT2D eigenvalue weighted by atomic mass is 10.0. The second-order valence-electron chi connectivity index (χ2n) is 10.5. The molecule has 0 saturated carbocycles. The third-order valence-corrected chi connectivity index (χ3v) is 8.50. The molecule has 2 amide bonds. The van der Waals surface area contributed by atoms with E-state index in [1.807, 2.05) is 54.6 Å². The lowest BCUT2D eigenvalue weighted by molar-refractivity contribution is -0.126. The molecular weight excluding hydrogens is 508 g/mol. The molecule has 3 N–H and O–H groups in total. The number of carbonyl (C=O) groups excluding carboxylic acids is 2. The van der Waals surface area contributed by atoms with Gasteiger partial charge in [0.15, 0.2) is 0 Å². The first-order chi connectivity index (χ1) is 18.6. The van der Waals surface area contributed by atoms with E-state index in [-0.39, 0.29) is 17.9 Å². The molecule has 8 nitrogen and oxygen atoms in total. The van der Waals surface area contributed by atoms with Crippen LogP contribution in [0.25, 0.3) is 0 Å². The maximum atomic E-state index is 13.4. The van der Waals surface area contributed by atoms with Crippen molar-refractivity contribution in [3.05, 3.63) is 112 Å². The highest BCUT2D eigenvalue weighted by atomic mass is 28.3. The Kier molecular flexibility index (Phi) is 8.51.